The van der Waals surface area contributed by atoms with Crippen LogP contribution in [-0.4, -0.2) is 35.6 Å². The van der Waals surface area contributed by atoms with Gasteiger partial charge in [-0.05, 0) is 30.3 Å². The third-order valence-electron chi connectivity index (χ3n) is 3.67. The second-order valence-electron chi connectivity index (χ2n) is 5.37. The predicted octanol–water partition coefficient (Wildman–Crippen LogP) is 2.92. The molecule has 0 spiro atoms. The first-order valence-corrected chi connectivity index (χ1v) is 7.75. The zero-order chi connectivity index (χ0) is 18.5. The smallest absolute Gasteiger partial charge is 0.283 e. The van der Waals surface area contributed by atoms with Crippen LogP contribution in [0.2, 0.25) is 0 Å². The summed E-state index contributed by atoms with van der Waals surface area (Å²) >= 11 is 0. The first-order chi connectivity index (χ1) is 12.6. The molecule has 0 fully saturated rings. The fraction of sp³-hybridized carbons (Fsp3) is 0.111. The summed E-state index contributed by atoms with van der Waals surface area (Å²) in [5.74, 6) is -0.599. The Kier molecular flexibility index (Phi) is 4.93. The Morgan fingerprint density at radius 1 is 1.15 bits per heavy atom. The summed E-state index contributed by atoms with van der Waals surface area (Å²) in [5, 5.41) is 20.3. The van der Waals surface area contributed by atoms with Gasteiger partial charge in [0.25, 0.3) is 11.8 Å². The molecule has 0 atom stereocenters. The summed E-state index contributed by atoms with van der Waals surface area (Å²) in [7, 11) is 1.53. The van der Waals surface area contributed by atoms with E-state index >= 15 is 0 Å². The van der Waals surface area contributed by atoms with Crippen LogP contribution in [0.3, 0.4) is 0 Å². The number of carbonyl (C=O) groups excluding carboxylic acids is 2. The zero-order valence-corrected chi connectivity index (χ0v) is 13.9. The van der Waals surface area contributed by atoms with Gasteiger partial charge in [-0.15, -0.1) is 10.2 Å². The molecule has 8 heteroatoms. The Balaban J connectivity index is 1.62. The summed E-state index contributed by atoms with van der Waals surface area (Å²) in [6.45, 7) is -0.308. The number of para-hydroxylation sites is 1. The van der Waals surface area contributed by atoms with Crippen LogP contribution in [0.5, 0.6) is 11.6 Å². The number of aromatic amines is 1. The van der Waals surface area contributed by atoms with Crippen molar-refractivity contribution >= 4 is 28.4 Å². The van der Waals surface area contributed by atoms with Gasteiger partial charge in [-0.3, -0.25) is 9.59 Å². The maximum absolute atomic E-state index is 12.0. The molecule has 2 amide bonds. The molecule has 3 N–H and O–H groups in total. The van der Waals surface area contributed by atoms with Crippen molar-refractivity contribution in [2.45, 2.75) is 0 Å². The Labute approximate surface area is 148 Å². The average molecular weight is 352 g/mol. The van der Waals surface area contributed by atoms with Gasteiger partial charge in [-0.1, -0.05) is 18.2 Å². The normalized spacial score (nSPS) is 11.0. The lowest BCUT2D eigenvalue weighted by atomic mass is 10.2. The monoisotopic (exact) mass is 352 g/mol. The van der Waals surface area contributed by atoms with Crippen LogP contribution in [0.15, 0.2) is 58.8 Å². The van der Waals surface area contributed by atoms with Crippen LogP contribution in [0.25, 0.3) is 10.9 Å². The number of hydrogen-bond acceptors (Lipinski definition) is 5. The van der Waals surface area contributed by atoms with E-state index in [1.807, 2.05) is 0 Å². The molecule has 8 nitrogen and oxygen atoms in total. The topological polar surface area (TPSA) is 116 Å². The molecule has 0 saturated carbocycles. The third kappa shape index (κ3) is 3.69. The number of nitrogens with zero attached hydrogens (tertiary/aromatic N) is 2. The van der Waals surface area contributed by atoms with Gasteiger partial charge in [-0.25, -0.2) is 0 Å². The van der Waals surface area contributed by atoms with E-state index < -0.39 is 11.8 Å². The molecule has 132 valence electrons. The molecule has 0 unspecified atom stereocenters. The quantitative estimate of drug-likeness (QED) is 0.612. The number of carbonyl (C=O) groups is 2. The van der Waals surface area contributed by atoms with Crippen molar-refractivity contribution in [2.24, 2.45) is 10.2 Å². The lowest BCUT2D eigenvalue weighted by molar-refractivity contribution is -0.117. The zero-order valence-electron chi connectivity index (χ0n) is 13.9. The maximum Gasteiger partial charge on any atom is 0.283 e. The van der Waals surface area contributed by atoms with Crippen molar-refractivity contribution in [1.29, 1.82) is 0 Å². The van der Waals surface area contributed by atoms with Gasteiger partial charge in [-0.2, -0.15) is 0 Å². The fourth-order valence-corrected chi connectivity index (χ4v) is 2.36. The highest BCUT2D eigenvalue weighted by molar-refractivity contribution is 5.97. The summed E-state index contributed by atoms with van der Waals surface area (Å²) in [6, 6.07) is 13.6. The highest BCUT2D eigenvalue weighted by atomic mass is 16.5. The Morgan fingerprint density at radius 3 is 2.62 bits per heavy atom. The Bertz CT molecular complexity index is 977. The van der Waals surface area contributed by atoms with Gasteiger partial charge >= 0.3 is 0 Å². The molecule has 0 bridgehead atoms. The number of ether oxygens (including phenoxy) is 1. The molecule has 2 aromatic carbocycles. The number of hydrogen-bond donors (Lipinski definition) is 3. The number of benzene rings is 2. The standard InChI is InChI=1S/C18H16N4O4/c1-26-12-8-6-11(7-9-12)17(24)19-10-15(23)21-22-16-13-4-2-3-5-14(13)20-18(16)25/h2-9,20,25H,10H2,1H3,(H,19,24). The molecule has 0 saturated heterocycles. The number of aromatic nitrogens is 1. The molecule has 1 aromatic heterocycles. The highest BCUT2D eigenvalue weighted by Gasteiger charge is 2.11. The van der Waals surface area contributed by atoms with E-state index in [0.717, 1.165) is 0 Å². The van der Waals surface area contributed by atoms with Crippen molar-refractivity contribution in [3.8, 4) is 11.6 Å². The summed E-state index contributed by atoms with van der Waals surface area (Å²) < 4.78 is 5.02. The van der Waals surface area contributed by atoms with Crippen LogP contribution in [0, 0.1) is 0 Å². The highest BCUT2D eigenvalue weighted by Crippen LogP contribution is 2.35. The molecule has 3 aromatic rings. The van der Waals surface area contributed by atoms with Crippen molar-refractivity contribution in [2.75, 3.05) is 13.7 Å². The van der Waals surface area contributed by atoms with E-state index in [0.29, 0.717) is 22.2 Å². The molecule has 3 rings (SSSR count). The van der Waals surface area contributed by atoms with E-state index in [-0.39, 0.29) is 18.1 Å². The van der Waals surface area contributed by atoms with Crippen LogP contribution in [0.1, 0.15) is 10.4 Å². The molecule has 0 aliphatic carbocycles. The number of rotatable bonds is 5. The lowest BCUT2D eigenvalue weighted by Gasteiger charge is -2.03. The van der Waals surface area contributed by atoms with Crippen molar-refractivity contribution in [1.82, 2.24) is 10.3 Å². The van der Waals surface area contributed by atoms with Gasteiger partial charge in [0, 0.05) is 10.9 Å². The van der Waals surface area contributed by atoms with Gasteiger partial charge in [0.1, 0.15) is 12.3 Å². The number of amides is 2. The third-order valence-corrected chi connectivity index (χ3v) is 3.67. The van der Waals surface area contributed by atoms with Gasteiger partial charge in [0.2, 0.25) is 5.88 Å². The van der Waals surface area contributed by atoms with Crippen LogP contribution >= 0.6 is 0 Å². The van der Waals surface area contributed by atoms with Crippen LogP contribution in [-0.2, 0) is 4.79 Å². The largest absolute Gasteiger partial charge is 0.497 e. The molecule has 26 heavy (non-hydrogen) atoms. The second kappa shape index (κ2) is 7.47. The average Bonchev–Trinajstić information content (AvgIpc) is 2.99. The van der Waals surface area contributed by atoms with Crippen LogP contribution < -0.4 is 10.1 Å². The minimum Gasteiger partial charge on any atom is -0.497 e. The first kappa shape index (κ1) is 17.2. The number of aromatic hydroxyl groups is 1. The van der Waals surface area contributed by atoms with E-state index in [2.05, 4.69) is 20.5 Å². The second-order valence-corrected chi connectivity index (χ2v) is 5.37. The van der Waals surface area contributed by atoms with Crippen LogP contribution in [0.4, 0.5) is 5.69 Å². The van der Waals surface area contributed by atoms with E-state index in [1.54, 1.807) is 48.5 Å². The van der Waals surface area contributed by atoms with Gasteiger partial charge in [0.15, 0.2) is 5.69 Å². The summed E-state index contributed by atoms with van der Waals surface area (Å²) in [5.41, 5.74) is 1.25. The predicted molar refractivity (Wildman–Crippen MR) is 94.8 cm³/mol. The van der Waals surface area contributed by atoms with Crippen molar-refractivity contribution in [3.05, 3.63) is 54.1 Å². The maximum atomic E-state index is 12.0. The number of nitrogens with one attached hydrogen (secondary N) is 2. The van der Waals surface area contributed by atoms with E-state index in [9.17, 15) is 14.7 Å². The Morgan fingerprint density at radius 2 is 1.88 bits per heavy atom. The van der Waals surface area contributed by atoms with Gasteiger partial charge < -0.3 is 20.1 Å². The number of H-pyrrole nitrogens is 1. The minimum atomic E-state index is -0.642. The molecular formula is C18H16N4O4. The number of azo groups is 1. The molecule has 0 radical (unpaired) electrons. The van der Waals surface area contributed by atoms with E-state index in [4.69, 9.17) is 4.74 Å². The van der Waals surface area contributed by atoms with E-state index in [1.165, 1.54) is 7.11 Å². The SMILES string of the molecule is COc1ccc(C(=O)NCC(=O)N=Nc2c(O)[nH]c3ccccc23)cc1. The summed E-state index contributed by atoms with van der Waals surface area (Å²) in [4.78, 5) is 26.6. The molecule has 0 aliphatic rings. The molecule has 0 aliphatic heterocycles. The molecular weight excluding hydrogens is 336 g/mol. The van der Waals surface area contributed by atoms with Crippen molar-refractivity contribution in [3.63, 3.8) is 0 Å². The molecule has 1 heterocycles. The van der Waals surface area contributed by atoms with Crippen molar-refractivity contribution < 1.29 is 19.4 Å². The lowest BCUT2D eigenvalue weighted by Crippen LogP contribution is -2.28. The fourth-order valence-electron chi connectivity index (χ4n) is 2.36. The minimum absolute atomic E-state index is 0.176. The number of fused-ring (bicyclic) bond motifs is 1. The first-order valence-electron chi connectivity index (χ1n) is 7.75. The number of methoxy groups -OCH3 is 1. The summed E-state index contributed by atoms with van der Waals surface area (Å²) in [6.07, 6.45) is 0. The Hall–Kier alpha value is -3.68. The van der Waals surface area contributed by atoms with Gasteiger partial charge in [0.05, 0.1) is 12.6 Å².